The van der Waals surface area contributed by atoms with Crippen molar-refractivity contribution >= 4 is 34.0 Å². The van der Waals surface area contributed by atoms with Crippen LogP contribution in [0.1, 0.15) is 29.3 Å². The first-order valence-corrected chi connectivity index (χ1v) is 9.52. The summed E-state index contributed by atoms with van der Waals surface area (Å²) in [4.78, 5) is 22.9. The molecule has 2 rings (SSSR count). The third-order valence-corrected chi connectivity index (χ3v) is 4.15. The second kappa shape index (κ2) is 11.1. The summed E-state index contributed by atoms with van der Waals surface area (Å²) in [5.74, 6) is -0.167. The van der Waals surface area contributed by atoms with Crippen LogP contribution in [0, 0.1) is 0 Å². The van der Waals surface area contributed by atoms with Crippen LogP contribution in [0.4, 0.5) is 0 Å². The average molecular weight is 465 g/mol. The van der Waals surface area contributed by atoms with Crippen LogP contribution in [0.15, 0.2) is 46.0 Å². The first-order valence-electron chi connectivity index (χ1n) is 8.73. The molecule has 0 atom stereocenters. The lowest BCUT2D eigenvalue weighted by Crippen LogP contribution is -2.17. The predicted octanol–water partition coefficient (Wildman–Crippen LogP) is 3.47. The second-order valence-electron chi connectivity index (χ2n) is 5.79. The van der Waals surface area contributed by atoms with Crippen LogP contribution in [0.5, 0.6) is 17.2 Å². The lowest BCUT2D eigenvalue weighted by atomic mass is 10.2. The van der Waals surface area contributed by atoms with E-state index >= 15 is 0 Å². The molecule has 0 spiro atoms. The van der Waals surface area contributed by atoms with Crippen LogP contribution in [0.25, 0.3) is 0 Å². The van der Waals surface area contributed by atoms with Gasteiger partial charge >= 0.3 is 5.97 Å². The van der Waals surface area contributed by atoms with Gasteiger partial charge in [0.25, 0.3) is 5.91 Å². The second-order valence-corrected chi connectivity index (χ2v) is 6.64. The molecule has 9 heteroatoms. The number of hydrogen-bond donors (Lipinski definition) is 2. The maximum Gasteiger partial charge on any atom is 0.341 e. The zero-order chi connectivity index (χ0) is 21.2. The highest BCUT2D eigenvalue weighted by Crippen LogP contribution is 2.36. The van der Waals surface area contributed by atoms with Gasteiger partial charge < -0.3 is 19.3 Å². The Morgan fingerprint density at radius 1 is 1.21 bits per heavy atom. The van der Waals surface area contributed by atoms with Crippen molar-refractivity contribution in [1.82, 2.24) is 5.43 Å². The summed E-state index contributed by atoms with van der Waals surface area (Å²) in [7, 11) is 1.44. The topological polar surface area (TPSA) is 106 Å². The molecule has 2 N–H and O–H groups in total. The molecular weight excluding hydrogens is 444 g/mol. The van der Waals surface area contributed by atoms with Crippen molar-refractivity contribution in [2.75, 3.05) is 20.3 Å². The van der Waals surface area contributed by atoms with E-state index in [4.69, 9.17) is 19.3 Å². The summed E-state index contributed by atoms with van der Waals surface area (Å²) in [6.07, 6.45) is 2.34. The minimum absolute atomic E-state index is 0.265. The predicted molar refractivity (Wildman–Crippen MR) is 111 cm³/mol. The molecule has 0 saturated heterocycles. The number of nitrogens with one attached hydrogen (secondary N) is 1. The Morgan fingerprint density at radius 2 is 1.93 bits per heavy atom. The molecule has 0 aliphatic heterocycles. The van der Waals surface area contributed by atoms with Crippen molar-refractivity contribution in [3.8, 4) is 17.2 Å². The van der Waals surface area contributed by atoms with Gasteiger partial charge in [0.1, 0.15) is 5.75 Å². The van der Waals surface area contributed by atoms with Gasteiger partial charge in [0.05, 0.1) is 24.4 Å². The number of carbonyl (C=O) groups excluding carboxylic acids is 1. The van der Waals surface area contributed by atoms with Gasteiger partial charge in [-0.25, -0.2) is 10.2 Å². The van der Waals surface area contributed by atoms with E-state index in [0.717, 1.165) is 6.42 Å². The number of rotatable bonds is 10. The number of hydrogen-bond acceptors (Lipinski definition) is 6. The third kappa shape index (κ3) is 6.79. The number of methoxy groups -OCH3 is 1. The van der Waals surface area contributed by atoms with E-state index < -0.39 is 12.6 Å². The molecule has 0 unspecified atom stereocenters. The fraction of sp³-hybridized carbons (Fsp3) is 0.250. The van der Waals surface area contributed by atoms with E-state index in [1.54, 1.807) is 36.4 Å². The fourth-order valence-corrected chi connectivity index (χ4v) is 2.81. The molecule has 0 bridgehead atoms. The number of hydrazone groups is 1. The Morgan fingerprint density at radius 3 is 2.55 bits per heavy atom. The van der Waals surface area contributed by atoms with Gasteiger partial charge in [-0.05, 0) is 64.3 Å². The smallest absolute Gasteiger partial charge is 0.341 e. The van der Waals surface area contributed by atoms with Gasteiger partial charge in [-0.3, -0.25) is 4.79 Å². The molecule has 8 nitrogen and oxygen atoms in total. The number of carbonyl (C=O) groups is 2. The van der Waals surface area contributed by atoms with Crippen molar-refractivity contribution in [3.05, 3.63) is 52.0 Å². The Kier molecular flexibility index (Phi) is 8.47. The Labute approximate surface area is 176 Å². The highest BCUT2D eigenvalue weighted by atomic mass is 79.9. The maximum absolute atomic E-state index is 12.2. The van der Waals surface area contributed by atoms with Crippen molar-refractivity contribution in [3.63, 3.8) is 0 Å². The SMILES string of the molecule is CCCOc1ccc(C(=O)N/N=C/c2cc(Br)c(OCC(=O)O)c(OC)c2)cc1. The van der Waals surface area contributed by atoms with Crippen LogP contribution in [0.2, 0.25) is 0 Å². The summed E-state index contributed by atoms with van der Waals surface area (Å²) in [6, 6.07) is 10.0. The molecule has 0 radical (unpaired) electrons. The van der Waals surface area contributed by atoms with Crippen molar-refractivity contribution < 1.29 is 28.9 Å². The van der Waals surface area contributed by atoms with Gasteiger partial charge in [0, 0.05) is 5.56 Å². The zero-order valence-electron chi connectivity index (χ0n) is 16.0. The van der Waals surface area contributed by atoms with Crippen molar-refractivity contribution in [2.45, 2.75) is 13.3 Å². The summed E-state index contributed by atoms with van der Waals surface area (Å²) >= 11 is 3.31. The van der Waals surface area contributed by atoms with E-state index in [2.05, 4.69) is 26.5 Å². The molecule has 0 aliphatic carbocycles. The van der Waals surface area contributed by atoms with E-state index in [1.807, 2.05) is 6.92 Å². The Balaban J connectivity index is 2.02. The summed E-state index contributed by atoms with van der Waals surface area (Å²) < 4.78 is 16.4. The van der Waals surface area contributed by atoms with Gasteiger partial charge in [0.2, 0.25) is 0 Å². The largest absolute Gasteiger partial charge is 0.494 e. The molecule has 0 aliphatic rings. The van der Waals surface area contributed by atoms with Crippen LogP contribution >= 0.6 is 15.9 Å². The standard InChI is InChI=1S/C20H21BrN2O6/c1-3-8-28-15-6-4-14(5-7-15)20(26)23-22-11-13-9-16(21)19(17(10-13)27-2)29-12-18(24)25/h4-7,9-11H,3,8,12H2,1-2H3,(H,23,26)(H,24,25)/b22-11+. The van der Waals surface area contributed by atoms with Crippen LogP contribution in [0.3, 0.4) is 0 Å². The summed E-state index contributed by atoms with van der Waals surface area (Å²) in [5.41, 5.74) is 3.50. The van der Waals surface area contributed by atoms with E-state index in [9.17, 15) is 9.59 Å². The monoisotopic (exact) mass is 464 g/mol. The number of ether oxygens (including phenoxy) is 3. The van der Waals surface area contributed by atoms with Crippen molar-refractivity contribution in [2.24, 2.45) is 5.10 Å². The van der Waals surface area contributed by atoms with Gasteiger partial charge in [-0.1, -0.05) is 6.92 Å². The quantitative estimate of drug-likeness (QED) is 0.411. The fourth-order valence-electron chi connectivity index (χ4n) is 2.24. The highest BCUT2D eigenvalue weighted by molar-refractivity contribution is 9.10. The third-order valence-electron chi connectivity index (χ3n) is 3.56. The highest BCUT2D eigenvalue weighted by Gasteiger charge is 2.13. The van der Waals surface area contributed by atoms with E-state index in [-0.39, 0.29) is 11.7 Å². The minimum Gasteiger partial charge on any atom is -0.494 e. The summed E-state index contributed by atoms with van der Waals surface area (Å²) in [5, 5.41) is 12.7. The molecular formula is C20H21BrN2O6. The van der Waals surface area contributed by atoms with Crippen LogP contribution in [-0.4, -0.2) is 43.5 Å². The van der Waals surface area contributed by atoms with Gasteiger partial charge in [-0.2, -0.15) is 5.10 Å². The lowest BCUT2D eigenvalue weighted by Gasteiger charge is -2.12. The molecule has 0 saturated carbocycles. The number of carboxylic acid groups (broad SMARTS) is 1. The zero-order valence-corrected chi connectivity index (χ0v) is 17.6. The van der Waals surface area contributed by atoms with Crippen LogP contribution in [-0.2, 0) is 4.79 Å². The molecule has 1 amide bonds. The number of carboxylic acids is 1. The molecule has 2 aromatic rings. The summed E-state index contributed by atoms with van der Waals surface area (Å²) in [6.45, 7) is 2.14. The van der Waals surface area contributed by atoms with E-state index in [1.165, 1.54) is 13.3 Å². The average Bonchev–Trinajstić information content (AvgIpc) is 2.71. The normalized spacial score (nSPS) is 10.6. The molecule has 29 heavy (non-hydrogen) atoms. The number of nitrogens with zero attached hydrogens (tertiary/aromatic N) is 1. The molecule has 2 aromatic carbocycles. The van der Waals surface area contributed by atoms with Crippen LogP contribution < -0.4 is 19.6 Å². The Bertz CT molecular complexity index is 883. The van der Waals surface area contributed by atoms with Gasteiger partial charge in [0.15, 0.2) is 18.1 Å². The molecule has 0 heterocycles. The van der Waals surface area contributed by atoms with Gasteiger partial charge in [-0.15, -0.1) is 0 Å². The number of amides is 1. The van der Waals surface area contributed by atoms with E-state index in [0.29, 0.717) is 33.7 Å². The first-order chi connectivity index (χ1) is 13.9. The van der Waals surface area contributed by atoms with Crippen molar-refractivity contribution in [1.29, 1.82) is 0 Å². The maximum atomic E-state index is 12.2. The molecule has 0 fully saturated rings. The number of aliphatic carboxylic acids is 1. The number of benzene rings is 2. The molecule has 0 aromatic heterocycles. The Hall–Kier alpha value is -3.07. The lowest BCUT2D eigenvalue weighted by molar-refractivity contribution is -0.139. The number of halogens is 1. The minimum atomic E-state index is -1.10. The molecule has 154 valence electrons. The first kappa shape index (κ1) is 22.2.